The molecule has 1 saturated carbocycles. The molecule has 0 bridgehead atoms. The largest absolute Gasteiger partial charge is 0.492 e. The number of ether oxygens (including phenoxy) is 1. The summed E-state index contributed by atoms with van der Waals surface area (Å²) in [6.45, 7) is 4.40. The Hall–Kier alpha value is -1.39. The van der Waals surface area contributed by atoms with E-state index < -0.39 is 12.1 Å². The summed E-state index contributed by atoms with van der Waals surface area (Å²) in [5.41, 5.74) is 1.86. The molecule has 0 spiro atoms. The smallest absolute Gasteiger partial charge is 0.391 e. The molecule has 1 fully saturated rings. The van der Waals surface area contributed by atoms with Crippen LogP contribution in [-0.4, -0.2) is 18.8 Å². The van der Waals surface area contributed by atoms with E-state index in [0.717, 1.165) is 17.7 Å². The van der Waals surface area contributed by atoms with E-state index in [1.165, 1.54) is 0 Å². The van der Waals surface area contributed by atoms with Crippen LogP contribution in [0.25, 0.3) is 0 Å². The zero-order valence-electron chi connectivity index (χ0n) is 12.5. The predicted molar refractivity (Wildman–Crippen MR) is 77.8 cm³/mol. The van der Waals surface area contributed by atoms with Crippen molar-refractivity contribution in [1.82, 2.24) is 0 Å². The molecule has 1 N–H and O–H groups in total. The van der Waals surface area contributed by atoms with Gasteiger partial charge in [-0.1, -0.05) is 12.5 Å². The number of alkyl halides is 3. The summed E-state index contributed by atoms with van der Waals surface area (Å²) in [5.74, 6) is -0.476. The lowest BCUT2D eigenvalue weighted by molar-refractivity contribution is -0.182. The Balaban J connectivity index is 2.07. The van der Waals surface area contributed by atoms with Gasteiger partial charge in [-0.15, -0.1) is 0 Å². The van der Waals surface area contributed by atoms with Crippen molar-refractivity contribution >= 4 is 5.69 Å². The molecule has 0 aromatic heterocycles. The maximum Gasteiger partial charge on any atom is 0.391 e. The Bertz CT molecular complexity index is 473. The minimum absolute atomic E-state index is 0.142. The van der Waals surface area contributed by atoms with Gasteiger partial charge in [-0.25, -0.2) is 0 Å². The topological polar surface area (TPSA) is 21.3 Å². The van der Waals surface area contributed by atoms with Crippen LogP contribution in [-0.2, 0) is 0 Å². The lowest BCUT2D eigenvalue weighted by Gasteiger charge is -2.32. The Morgan fingerprint density at radius 1 is 1.29 bits per heavy atom. The third-order valence-electron chi connectivity index (χ3n) is 3.93. The van der Waals surface area contributed by atoms with Crippen molar-refractivity contribution in [3.8, 4) is 5.75 Å². The van der Waals surface area contributed by atoms with Crippen molar-refractivity contribution in [2.24, 2.45) is 5.92 Å². The summed E-state index contributed by atoms with van der Waals surface area (Å²) < 4.78 is 44.1. The van der Waals surface area contributed by atoms with E-state index in [9.17, 15) is 13.2 Å². The van der Waals surface area contributed by atoms with Crippen LogP contribution in [0.4, 0.5) is 18.9 Å². The summed E-state index contributed by atoms with van der Waals surface area (Å²) >= 11 is 0. The predicted octanol–water partition coefficient (Wildman–Crippen LogP) is 4.93. The van der Waals surface area contributed by atoms with Crippen LogP contribution < -0.4 is 10.1 Å². The van der Waals surface area contributed by atoms with Gasteiger partial charge < -0.3 is 10.1 Å². The normalized spacial score (nSPS) is 22.9. The van der Waals surface area contributed by atoms with Crippen LogP contribution in [0.15, 0.2) is 18.2 Å². The summed E-state index contributed by atoms with van der Waals surface area (Å²) in [6.07, 6.45) is -2.32. The van der Waals surface area contributed by atoms with Gasteiger partial charge in [-0.05, 0) is 50.8 Å². The quantitative estimate of drug-likeness (QED) is 0.851. The monoisotopic (exact) mass is 301 g/mol. The first-order chi connectivity index (χ1) is 9.90. The van der Waals surface area contributed by atoms with E-state index in [1.807, 2.05) is 32.0 Å². The van der Waals surface area contributed by atoms with Crippen LogP contribution in [0, 0.1) is 12.8 Å². The lowest BCUT2D eigenvalue weighted by Crippen LogP contribution is -2.34. The molecule has 5 heteroatoms. The summed E-state index contributed by atoms with van der Waals surface area (Å²) in [4.78, 5) is 0. The molecule has 0 aliphatic heterocycles. The fourth-order valence-corrected chi connectivity index (χ4v) is 2.86. The van der Waals surface area contributed by atoms with Crippen molar-refractivity contribution in [2.75, 3.05) is 11.9 Å². The minimum Gasteiger partial charge on any atom is -0.492 e. The summed E-state index contributed by atoms with van der Waals surface area (Å²) in [5, 5.41) is 3.24. The van der Waals surface area contributed by atoms with Crippen LogP contribution in [0.5, 0.6) is 5.75 Å². The maximum absolute atomic E-state index is 12.9. The third-order valence-corrected chi connectivity index (χ3v) is 3.93. The number of rotatable bonds is 4. The highest BCUT2D eigenvalue weighted by Crippen LogP contribution is 2.39. The molecule has 2 atom stereocenters. The average molecular weight is 301 g/mol. The van der Waals surface area contributed by atoms with Crippen molar-refractivity contribution < 1.29 is 17.9 Å². The molecule has 2 rings (SSSR count). The zero-order chi connectivity index (χ0) is 15.5. The first kappa shape index (κ1) is 16.0. The highest BCUT2D eigenvalue weighted by Gasteiger charge is 2.42. The highest BCUT2D eigenvalue weighted by atomic mass is 19.4. The average Bonchev–Trinajstić information content (AvgIpc) is 2.42. The van der Waals surface area contributed by atoms with E-state index in [0.29, 0.717) is 18.8 Å². The van der Waals surface area contributed by atoms with Gasteiger partial charge in [0.25, 0.3) is 0 Å². The van der Waals surface area contributed by atoms with Crippen molar-refractivity contribution in [1.29, 1.82) is 0 Å². The number of nitrogens with one attached hydrogen (secondary N) is 1. The Kier molecular flexibility index (Phi) is 5.01. The summed E-state index contributed by atoms with van der Waals surface area (Å²) in [7, 11) is 0. The summed E-state index contributed by atoms with van der Waals surface area (Å²) in [6, 6.07) is 5.59. The van der Waals surface area contributed by atoms with Gasteiger partial charge in [0.2, 0.25) is 0 Å². The van der Waals surface area contributed by atoms with Gasteiger partial charge in [-0.2, -0.15) is 13.2 Å². The van der Waals surface area contributed by atoms with E-state index in [1.54, 1.807) is 0 Å². The molecule has 2 nitrogen and oxygen atoms in total. The maximum atomic E-state index is 12.9. The van der Waals surface area contributed by atoms with Gasteiger partial charge in [0.05, 0.1) is 18.2 Å². The van der Waals surface area contributed by atoms with Gasteiger partial charge in [0.1, 0.15) is 5.75 Å². The molecule has 118 valence electrons. The Morgan fingerprint density at radius 2 is 2.05 bits per heavy atom. The molecule has 0 radical (unpaired) electrons. The molecule has 1 aromatic carbocycles. The molecule has 2 unspecified atom stereocenters. The second-order valence-corrected chi connectivity index (χ2v) is 5.68. The number of halogens is 3. The van der Waals surface area contributed by atoms with Crippen molar-refractivity contribution in [3.63, 3.8) is 0 Å². The second kappa shape index (κ2) is 6.58. The lowest BCUT2D eigenvalue weighted by atomic mass is 9.85. The molecule has 1 aliphatic carbocycles. The van der Waals surface area contributed by atoms with E-state index in [4.69, 9.17) is 4.74 Å². The minimum atomic E-state index is -4.09. The molecule has 21 heavy (non-hydrogen) atoms. The standard InChI is InChI=1S/C16H22F3NO/c1-3-21-15-9-11(2)7-8-14(15)20-13-6-4-5-12(10-13)16(17,18)19/h7-9,12-13,20H,3-6,10H2,1-2H3. The Morgan fingerprint density at radius 3 is 2.71 bits per heavy atom. The SMILES string of the molecule is CCOc1cc(C)ccc1NC1CCCC(C(F)(F)F)C1. The van der Waals surface area contributed by atoms with Crippen LogP contribution in [0.2, 0.25) is 0 Å². The number of hydrogen-bond acceptors (Lipinski definition) is 2. The van der Waals surface area contributed by atoms with Crippen molar-refractivity contribution in [3.05, 3.63) is 23.8 Å². The molecule has 0 amide bonds. The second-order valence-electron chi connectivity index (χ2n) is 5.68. The molecular formula is C16H22F3NO. The first-order valence-electron chi connectivity index (χ1n) is 7.47. The molecule has 1 aromatic rings. The molecular weight excluding hydrogens is 279 g/mol. The number of benzene rings is 1. The van der Waals surface area contributed by atoms with Gasteiger partial charge in [0, 0.05) is 6.04 Å². The Labute approximate surface area is 123 Å². The van der Waals surface area contributed by atoms with Crippen molar-refractivity contribution in [2.45, 2.75) is 51.7 Å². The van der Waals surface area contributed by atoms with E-state index in [-0.39, 0.29) is 18.9 Å². The van der Waals surface area contributed by atoms with Gasteiger partial charge in [0.15, 0.2) is 0 Å². The molecule has 0 heterocycles. The van der Waals surface area contributed by atoms with E-state index in [2.05, 4.69) is 5.32 Å². The molecule has 0 saturated heterocycles. The molecule has 1 aliphatic rings. The van der Waals surface area contributed by atoms with Crippen LogP contribution in [0.1, 0.15) is 38.2 Å². The third kappa shape index (κ3) is 4.29. The van der Waals surface area contributed by atoms with Crippen LogP contribution >= 0.6 is 0 Å². The fraction of sp³-hybridized carbons (Fsp3) is 0.625. The number of anilines is 1. The number of hydrogen-bond donors (Lipinski definition) is 1. The number of aryl methyl sites for hydroxylation is 1. The van der Waals surface area contributed by atoms with Crippen LogP contribution in [0.3, 0.4) is 0 Å². The fourth-order valence-electron chi connectivity index (χ4n) is 2.86. The van der Waals surface area contributed by atoms with Gasteiger partial charge >= 0.3 is 6.18 Å². The first-order valence-corrected chi connectivity index (χ1v) is 7.47. The highest BCUT2D eigenvalue weighted by molar-refractivity contribution is 5.58. The van der Waals surface area contributed by atoms with Gasteiger partial charge in [-0.3, -0.25) is 0 Å². The zero-order valence-corrected chi connectivity index (χ0v) is 12.5. The van der Waals surface area contributed by atoms with E-state index >= 15 is 0 Å².